The van der Waals surface area contributed by atoms with E-state index in [9.17, 15) is 14.4 Å². The van der Waals surface area contributed by atoms with Crippen LogP contribution in [0.1, 0.15) is 24.1 Å². The summed E-state index contributed by atoms with van der Waals surface area (Å²) in [7, 11) is 0. The third-order valence-corrected chi connectivity index (χ3v) is 4.29. The topological polar surface area (TPSA) is 113 Å². The minimum Gasteiger partial charge on any atom is -0.355 e. The molecule has 0 spiro atoms. The first-order chi connectivity index (χ1) is 11.0. The van der Waals surface area contributed by atoms with Gasteiger partial charge in [0.05, 0.1) is 12.7 Å². The number of nitrogens with one attached hydrogen (secondary N) is 3. The quantitative estimate of drug-likeness (QED) is 0.679. The predicted molar refractivity (Wildman–Crippen MR) is 83.0 cm³/mol. The van der Waals surface area contributed by atoms with Crippen molar-refractivity contribution in [3.05, 3.63) is 50.8 Å². The Morgan fingerprint density at radius 1 is 1.39 bits per heavy atom. The molecule has 0 bridgehead atoms. The molecule has 0 atom stereocenters. The van der Waals surface area contributed by atoms with Gasteiger partial charge in [0.1, 0.15) is 0 Å². The van der Waals surface area contributed by atoms with Crippen molar-refractivity contribution in [3.8, 4) is 0 Å². The molecule has 8 heteroatoms. The van der Waals surface area contributed by atoms with Crippen LogP contribution in [0.2, 0.25) is 0 Å². The summed E-state index contributed by atoms with van der Waals surface area (Å²) < 4.78 is 2.01. The van der Waals surface area contributed by atoms with E-state index < -0.39 is 11.2 Å². The fourth-order valence-corrected chi connectivity index (χ4v) is 2.68. The number of H-pyrrole nitrogens is 2. The summed E-state index contributed by atoms with van der Waals surface area (Å²) in [6.07, 6.45) is 7.49. The minimum atomic E-state index is -0.561. The van der Waals surface area contributed by atoms with E-state index in [2.05, 4.69) is 20.3 Å². The molecule has 1 saturated carbocycles. The lowest BCUT2D eigenvalue weighted by Gasteiger charge is -2.16. The Kier molecular flexibility index (Phi) is 3.89. The zero-order valence-corrected chi connectivity index (χ0v) is 12.9. The van der Waals surface area contributed by atoms with Crippen molar-refractivity contribution in [1.82, 2.24) is 24.8 Å². The number of amides is 1. The van der Waals surface area contributed by atoms with Crippen LogP contribution in [0, 0.1) is 12.3 Å². The molecular weight excluding hydrogens is 298 g/mol. The summed E-state index contributed by atoms with van der Waals surface area (Å²) in [5.41, 5.74) is -0.270. The highest BCUT2D eigenvalue weighted by Gasteiger charge is 2.42. The number of nitrogens with zero attached hydrogens (tertiary/aromatic N) is 2. The Morgan fingerprint density at radius 3 is 2.78 bits per heavy atom. The highest BCUT2D eigenvalue weighted by Crippen LogP contribution is 2.46. The minimum absolute atomic E-state index is 0.0426. The van der Waals surface area contributed by atoms with Gasteiger partial charge in [0.15, 0.2) is 0 Å². The van der Waals surface area contributed by atoms with Crippen LogP contribution in [0.15, 0.2) is 28.3 Å². The van der Waals surface area contributed by atoms with E-state index in [0.29, 0.717) is 17.8 Å². The highest BCUT2D eigenvalue weighted by atomic mass is 16.2. The highest BCUT2D eigenvalue weighted by molar-refractivity contribution is 5.78. The molecule has 1 fully saturated rings. The van der Waals surface area contributed by atoms with Gasteiger partial charge in [-0.3, -0.25) is 14.6 Å². The molecule has 0 aliphatic heterocycles. The van der Waals surface area contributed by atoms with Gasteiger partial charge in [0.2, 0.25) is 5.91 Å². The fourth-order valence-electron chi connectivity index (χ4n) is 2.68. The summed E-state index contributed by atoms with van der Waals surface area (Å²) >= 11 is 0. The first-order valence-corrected chi connectivity index (χ1v) is 7.52. The maximum Gasteiger partial charge on any atom is 0.325 e. The molecule has 8 nitrogen and oxygen atoms in total. The lowest BCUT2D eigenvalue weighted by atomic mass is 10.1. The SMILES string of the molecule is Cc1[nH]c(=O)[nH]c(=O)c1CC(=O)NCC1(Cn2ccnc2)CC1. The number of carbonyl (C=O) groups excluding carboxylic acids is 1. The van der Waals surface area contributed by atoms with Crippen LogP contribution in [-0.2, 0) is 17.8 Å². The number of carbonyl (C=O) groups is 1. The third kappa shape index (κ3) is 3.58. The molecule has 2 aromatic rings. The van der Waals surface area contributed by atoms with Crippen LogP contribution in [0.4, 0.5) is 0 Å². The van der Waals surface area contributed by atoms with E-state index >= 15 is 0 Å². The van der Waals surface area contributed by atoms with Gasteiger partial charge in [-0.15, -0.1) is 0 Å². The Labute approximate surface area is 132 Å². The monoisotopic (exact) mass is 317 g/mol. The third-order valence-electron chi connectivity index (χ3n) is 4.29. The van der Waals surface area contributed by atoms with Crippen molar-refractivity contribution >= 4 is 5.91 Å². The summed E-state index contributed by atoms with van der Waals surface area (Å²) in [5.74, 6) is -0.220. The Balaban J connectivity index is 1.58. The van der Waals surface area contributed by atoms with Crippen LogP contribution in [0.5, 0.6) is 0 Å². The molecule has 0 unspecified atom stereocenters. The second kappa shape index (κ2) is 5.86. The number of hydrogen-bond acceptors (Lipinski definition) is 4. The zero-order chi connectivity index (χ0) is 16.4. The number of aromatic amines is 2. The van der Waals surface area contributed by atoms with Gasteiger partial charge in [-0.25, -0.2) is 9.78 Å². The number of hydrogen-bond donors (Lipinski definition) is 3. The van der Waals surface area contributed by atoms with Gasteiger partial charge in [-0.2, -0.15) is 0 Å². The Morgan fingerprint density at radius 2 is 2.17 bits per heavy atom. The van der Waals surface area contributed by atoms with Gasteiger partial charge in [-0.1, -0.05) is 0 Å². The van der Waals surface area contributed by atoms with E-state index in [0.717, 1.165) is 19.4 Å². The molecule has 1 amide bonds. The first kappa shape index (κ1) is 15.3. The zero-order valence-electron chi connectivity index (χ0n) is 12.9. The van der Waals surface area contributed by atoms with Crippen LogP contribution >= 0.6 is 0 Å². The Hall–Kier alpha value is -2.64. The van der Waals surface area contributed by atoms with Gasteiger partial charge < -0.3 is 14.9 Å². The van der Waals surface area contributed by atoms with Gasteiger partial charge in [0, 0.05) is 42.2 Å². The molecule has 0 saturated heterocycles. The van der Waals surface area contributed by atoms with Crippen LogP contribution < -0.4 is 16.6 Å². The Bertz CT molecular complexity index is 814. The van der Waals surface area contributed by atoms with Crippen molar-refractivity contribution in [3.63, 3.8) is 0 Å². The lowest BCUT2D eigenvalue weighted by Crippen LogP contribution is -2.36. The molecule has 3 rings (SSSR count). The number of aromatic nitrogens is 4. The summed E-state index contributed by atoms with van der Waals surface area (Å²) in [4.78, 5) is 43.7. The average molecular weight is 317 g/mol. The molecule has 0 radical (unpaired) electrons. The van der Waals surface area contributed by atoms with Gasteiger partial charge in [-0.05, 0) is 19.8 Å². The summed E-state index contributed by atoms with van der Waals surface area (Å²) in [6, 6.07) is 0. The maximum absolute atomic E-state index is 12.1. The predicted octanol–water partition coefficient (Wildman–Crippen LogP) is -0.293. The number of aryl methyl sites for hydroxylation is 1. The van der Waals surface area contributed by atoms with Gasteiger partial charge >= 0.3 is 5.69 Å². The second-order valence-corrected chi connectivity index (χ2v) is 6.20. The van der Waals surface area contributed by atoms with Crippen molar-refractivity contribution in [2.75, 3.05) is 6.54 Å². The number of imidazole rings is 1. The molecule has 23 heavy (non-hydrogen) atoms. The summed E-state index contributed by atoms with van der Waals surface area (Å²) in [6.45, 7) is 3.01. The standard InChI is InChI=1S/C15H19N5O3/c1-10-11(13(22)19-14(23)18-10)6-12(21)17-7-15(2-3-15)8-20-5-4-16-9-20/h4-5,9H,2-3,6-8H2,1H3,(H,17,21)(H2,18,19,22,23). The van der Waals surface area contributed by atoms with Crippen molar-refractivity contribution in [1.29, 1.82) is 0 Å². The van der Waals surface area contributed by atoms with Crippen LogP contribution in [0.25, 0.3) is 0 Å². The molecule has 2 heterocycles. The molecule has 2 aromatic heterocycles. The first-order valence-electron chi connectivity index (χ1n) is 7.52. The second-order valence-electron chi connectivity index (χ2n) is 6.20. The smallest absolute Gasteiger partial charge is 0.325 e. The fraction of sp³-hybridized carbons (Fsp3) is 0.467. The van der Waals surface area contributed by atoms with Crippen LogP contribution in [0.3, 0.4) is 0 Å². The van der Waals surface area contributed by atoms with Crippen molar-refractivity contribution in [2.45, 2.75) is 32.7 Å². The molecule has 122 valence electrons. The van der Waals surface area contributed by atoms with Gasteiger partial charge in [0.25, 0.3) is 5.56 Å². The largest absolute Gasteiger partial charge is 0.355 e. The van der Waals surface area contributed by atoms with E-state index in [1.807, 2.05) is 10.8 Å². The maximum atomic E-state index is 12.1. The van der Waals surface area contributed by atoms with Crippen LogP contribution in [-0.4, -0.2) is 32.0 Å². The molecule has 1 aliphatic rings. The molecule has 3 N–H and O–H groups in total. The lowest BCUT2D eigenvalue weighted by molar-refractivity contribution is -0.120. The molecule has 1 aliphatic carbocycles. The van der Waals surface area contributed by atoms with E-state index in [4.69, 9.17) is 0 Å². The average Bonchev–Trinajstić information content (AvgIpc) is 3.05. The van der Waals surface area contributed by atoms with E-state index in [-0.39, 0.29) is 17.7 Å². The summed E-state index contributed by atoms with van der Waals surface area (Å²) in [5, 5.41) is 2.90. The molecule has 0 aromatic carbocycles. The molecular formula is C15H19N5O3. The normalized spacial score (nSPS) is 15.3. The van der Waals surface area contributed by atoms with E-state index in [1.165, 1.54) is 0 Å². The van der Waals surface area contributed by atoms with E-state index in [1.54, 1.807) is 19.4 Å². The number of rotatable bonds is 6. The van der Waals surface area contributed by atoms with Crippen molar-refractivity contribution in [2.24, 2.45) is 5.41 Å². The van der Waals surface area contributed by atoms with Crippen molar-refractivity contribution < 1.29 is 4.79 Å².